The van der Waals surface area contributed by atoms with Crippen LogP contribution in [-0.2, 0) is 11.3 Å². The van der Waals surface area contributed by atoms with Crippen LogP contribution < -0.4 is 5.73 Å². The van der Waals surface area contributed by atoms with Gasteiger partial charge >= 0.3 is 0 Å². The highest BCUT2D eigenvalue weighted by Crippen LogP contribution is 2.29. The minimum atomic E-state index is 0.384. The topological polar surface area (TPSA) is 48.1 Å². The Morgan fingerprint density at radius 3 is 3.00 bits per heavy atom. The molecule has 1 aliphatic carbocycles. The van der Waals surface area contributed by atoms with Gasteiger partial charge in [-0.1, -0.05) is 44.4 Å². The number of rotatable bonds is 4. The lowest BCUT2D eigenvalue weighted by Crippen LogP contribution is -2.22. The zero-order chi connectivity index (χ0) is 14.7. The number of nitrogen functional groups attached to an aromatic ring is 1. The molecule has 1 saturated carbocycles. The van der Waals surface area contributed by atoms with E-state index in [1.807, 2.05) is 18.2 Å². The van der Waals surface area contributed by atoms with Crippen molar-refractivity contribution >= 4 is 16.7 Å². The maximum Gasteiger partial charge on any atom is 0.129 e. The van der Waals surface area contributed by atoms with Crippen LogP contribution >= 0.6 is 0 Å². The average molecular weight is 284 g/mol. The highest BCUT2D eigenvalue weighted by molar-refractivity contribution is 5.81. The number of anilines is 1. The van der Waals surface area contributed by atoms with Gasteiger partial charge in [0.25, 0.3) is 0 Å². The molecule has 0 spiro atoms. The van der Waals surface area contributed by atoms with Crippen molar-refractivity contribution in [3.63, 3.8) is 0 Å². The van der Waals surface area contributed by atoms with Crippen molar-refractivity contribution < 1.29 is 4.74 Å². The molecule has 0 amide bonds. The normalized spacial score (nSPS) is 22.5. The van der Waals surface area contributed by atoms with Gasteiger partial charge in [-0.25, -0.2) is 4.98 Å². The van der Waals surface area contributed by atoms with Crippen LogP contribution in [-0.4, -0.2) is 11.1 Å². The molecule has 21 heavy (non-hydrogen) atoms. The van der Waals surface area contributed by atoms with E-state index in [1.54, 1.807) is 0 Å². The number of nitrogens with zero attached hydrogens (tertiary/aromatic N) is 1. The van der Waals surface area contributed by atoms with Gasteiger partial charge in [0.2, 0.25) is 0 Å². The molecule has 1 aromatic carbocycles. The van der Waals surface area contributed by atoms with E-state index in [1.165, 1.54) is 32.1 Å². The molecule has 0 radical (unpaired) electrons. The van der Waals surface area contributed by atoms with Crippen molar-refractivity contribution in [2.24, 2.45) is 5.92 Å². The Morgan fingerprint density at radius 2 is 2.14 bits per heavy atom. The van der Waals surface area contributed by atoms with E-state index in [0.717, 1.165) is 22.4 Å². The van der Waals surface area contributed by atoms with E-state index in [4.69, 9.17) is 10.5 Å². The van der Waals surface area contributed by atoms with Crippen LogP contribution in [0.5, 0.6) is 0 Å². The molecule has 0 aliphatic heterocycles. The molecule has 0 saturated heterocycles. The summed E-state index contributed by atoms with van der Waals surface area (Å²) in [5, 5.41) is 1.13. The van der Waals surface area contributed by atoms with Crippen LogP contribution in [0.25, 0.3) is 10.9 Å². The van der Waals surface area contributed by atoms with Gasteiger partial charge in [-0.3, -0.25) is 0 Å². The van der Waals surface area contributed by atoms with Crippen molar-refractivity contribution in [3.8, 4) is 0 Å². The van der Waals surface area contributed by atoms with Gasteiger partial charge in [-0.15, -0.1) is 0 Å². The number of hydrogen-bond acceptors (Lipinski definition) is 3. The summed E-state index contributed by atoms with van der Waals surface area (Å²) < 4.78 is 6.11. The van der Waals surface area contributed by atoms with Gasteiger partial charge in [0.1, 0.15) is 5.82 Å². The lowest BCUT2D eigenvalue weighted by atomic mass is 9.85. The second-order valence-corrected chi connectivity index (χ2v) is 6.10. The van der Waals surface area contributed by atoms with Crippen molar-refractivity contribution in [2.45, 2.75) is 51.7 Å². The molecule has 2 atom stereocenters. The zero-order valence-electron chi connectivity index (χ0n) is 12.7. The third-order valence-electron chi connectivity index (χ3n) is 4.62. The summed E-state index contributed by atoms with van der Waals surface area (Å²) in [5.74, 6) is 1.42. The second kappa shape index (κ2) is 6.44. The third kappa shape index (κ3) is 3.35. The van der Waals surface area contributed by atoms with Crippen LogP contribution in [0.15, 0.2) is 30.3 Å². The van der Waals surface area contributed by atoms with Crippen LogP contribution in [0.3, 0.4) is 0 Å². The first-order valence-electron chi connectivity index (χ1n) is 8.02. The van der Waals surface area contributed by atoms with Gasteiger partial charge in [0.15, 0.2) is 0 Å². The smallest absolute Gasteiger partial charge is 0.129 e. The van der Waals surface area contributed by atoms with E-state index in [-0.39, 0.29) is 0 Å². The molecule has 1 fully saturated rings. The fourth-order valence-corrected chi connectivity index (χ4v) is 3.26. The summed E-state index contributed by atoms with van der Waals surface area (Å²) in [5.41, 5.74) is 8.02. The van der Waals surface area contributed by atoms with E-state index in [0.29, 0.717) is 18.5 Å². The van der Waals surface area contributed by atoms with Crippen LogP contribution in [0.2, 0.25) is 0 Å². The van der Waals surface area contributed by atoms with Crippen molar-refractivity contribution in [2.75, 3.05) is 5.73 Å². The molecular formula is C18H24N2O. The van der Waals surface area contributed by atoms with E-state index in [9.17, 15) is 0 Å². The van der Waals surface area contributed by atoms with Gasteiger partial charge in [-0.2, -0.15) is 0 Å². The number of aromatic nitrogens is 1. The summed E-state index contributed by atoms with van der Waals surface area (Å²) in [6, 6.07) is 10.2. The molecule has 1 aromatic heterocycles. The Labute approximate surface area is 126 Å². The van der Waals surface area contributed by atoms with Crippen LogP contribution in [0.4, 0.5) is 5.82 Å². The standard InChI is InChI=1S/C18H24N2O/c1-2-13-6-5-8-16(10-13)21-12-15-11-14-7-3-4-9-17(14)20-18(15)19/h3-4,7,9,11,13,16H,2,5-6,8,10,12H2,1H3,(H2,19,20). The minimum absolute atomic E-state index is 0.384. The monoisotopic (exact) mass is 284 g/mol. The molecule has 2 N–H and O–H groups in total. The molecular weight excluding hydrogens is 260 g/mol. The Bertz CT molecular complexity index is 611. The number of hydrogen-bond donors (Lipinski definition) is 1. The predicted octanol–water partition coefficient (Wildman–Crippen LogP) is 4.30. The summed E-state index contributed by atoms with van der Waals surface area (Å²) >= 11 is 0. The maximum atomic E-state index is 6.11. The maximum absolute atomic E-state index is 6.11. The molecule has 0 bridgehead atoms. The highest BCUT2D eigenvalue weighted by atomic mass is 16.5. The summed E-state index contributed by atoms with van der Waals surface area (Å²) in [6.07, 6.45) is 6.66. The highest BCUT2D eigenvalue weighted by Gasteiger charge is 2.21. The fourth-order valence-electron chi connectivity index (χ4n) is 3.26. The number of benzene rings is 1. The fraction of sp³-hybridized carbons (Fsp3) is 0.500. The molecule has 2 unspecified atom stereocenters. The molecule has 1 aliphatic rings. The molecule has 112 valence electrons. The van der Waals surface area contributed by atoms with Crippen LogP contribution in [0.1, 0.15) is 44.6 Å². The average Bonchev–Trinajstić information content (AvgIpc) is 2.53. The lowest BCUT2D eigenvalue weighted by Gasteiger charge is -2.28. The quantitative estimate of drug-likeness (QED) is 0.910. The van der Waals surface area contributed by atoms with Gasteiger partial charge in [-0.05, 0) is 30.9 Å². The van der Waals surface area contributed by atoms with Gasteiger partial charge in [0.05, 0.1) is 18.2 Å². The molecule has 3 nitrogen and oxygen atoms in total. The minimum Gasteiger partial charge on any atom is -0.383 e. The largest absolute Gasteiger partial charge is 0.383 e. The van der Waals surface area contributed by atoms with E-state index in [2.05, 4.69) is 24.0 Å². The number of nitrogens with two attached hydrogens (primary N) is 1. The second-order valence-electron chi connectivity index (χ2n) is 6.10. The Morgan fingerprint density at radius 1 is 1.29 bits per heavy atom. The first-order valence-corrected chi connectivity index (χ1v) is 8.02. The first kappa shape index (κ1) is 14.3. The van der Waals surface area contributed by atoms with Gasteiger partial charge in [0, 0.05) is 10.9 Å². The Kier molecular flexibility index (Phi) is 4.39. The van der Waals surface area contributed by atoms with E-state index < -0.39 is 0 Å². The zero-order valence-corrected chi connectivity index (χ0v) is 12.7. The van der Waals surface area contributed by atoms with Crippen molar-refractivity contribution in [3.05, 3.63) is 35.9 Å². The number of pyridine rings is 1. The molecule has 3 rings (SSSR count). The van der Waals surface area contributed by atoms with Gasteiger partial charge < -0.3 is 10.5 Å². The SMILES string of the molecule is CCC1CCCC(OCc2cc3ccccc3nc2N)C1. The molecule has 2 aromatic rings. The Hall–Kier alpha value is -1.61. The van der Waals surface area contributed by atoms with Crippen LogP contribution in [0, 0.1) is 5.92 Å². The predicted molar refractivity (Wildman–Crippen MR) is 87.0 cm³/mol. The first-order chi connectivity index (χ1) is 10.3. The molecule has 3 heteroatoms. The van der Waals surface area contributed by atoms with Crippen molar-refractivity contribution in [1.82, 2.24) is 4.98 Å². The van der Waals surface area contributed by atoms with E-state index >= 15 is 0 Å². The number of ether oxygens (including phenoxy) is 1. The molecule has 1 heterocycles. The third-order valence-corrected chi connectivity index (χ3v) is 4.62. The summed E-state index contributed by atoms with van der Waals surface area (Å²) in [6.45, 7) is 2.85. The number of fused-ring (bicyclic) bond motifs is 1. The lowest BCUT2D eigenvalue weighted by molar-refractivity contribution is 0.00198. The summed E-state index contributed by atoms with van der Waals surface area (Å²) in [4.78, 5) is 4.47. The summed E-state index contributed by atoms with van der Waals surface area (Å²) in [7, 11) is 0. The number of para-hydroxylation sites is 1. The van der Waals surface area contributed by atoms with Crippen molar-refractivity contribution in [1.29, 1.82) is 0 Å². The Balaban J connectivity index is 1.68.